The van der Waals surface area contributed by atoms with Crippen molar-refractivity contribution in [3.8, 4) is 11.1 Å². The predicted molar refractivity (Wildman–Crippen MR) is 142 cm³/mol. The van der Waals surface area contributed by atoms with Crippen LogP contribution in [0.1, 0.15) is 29.9 Å². The highest BCUT2D eigenvalue weighted by molar-refractivity contribution is 6.31. The van der Waals surface area contributed by atoms with Crippen LogP contribution in [-0.4, -0.2) is 15.5 Å². The van der Waals surface area contributed by atoms with Gasteiger partial charge in [0.2, 0.25) is 5.91 Å². The Bertz CT molecular complexity index is 1490. The molecule has 4 aromatic carbocycles. The lowest BCUT2D eigenvalue weighted by Crippen LogP contribution is -2.30. The monoisotopic (exact) mass is 497 g/mol. The van der Waals surface area contributed by atoms with Crippen LogP contribution in [-0.2, 0) is 17.8 Å². The second kappa shape index (κ2) is 10.3. The van der Waals surface area contributed by atoms with Crippen molar-refractivity contribution in [2.24, 2.45) is 0 Å². The Morgan fingerprint density at radius 3 is 2.36 bits per heavy atom. The van der Waals surface area contributed by atoms with E-state index in [9.17, 15) is 9.18 Å². The van der Waals surface area contributed by atoms with Crippen molar-refractivity contribution in [1.29, 1.82) is 0 Å². The fourth-order valence-corrected chi connectivity index (χ4v) is 4.64. The van der Waals surface area contributed by atoms with Gasteiger partial charge in [-0.15, -0.1) is 0 Å². The third kappa shape index (κ3) is 5.02. The lowest BCUT2D eigenvalue weighted by Gasteiger charge is -2.17. The summed E-state index contributed by atoms with van der Waals surface area (Å²) in [5.41, 5.74) is 5.18. The largest absolute Gasteiger partial charge is 0.346 e. The number of imidazole rings is 1. The molecular formula is C30H25ClFN3O. The smallest absolute Gasteiger partial charge is 0.224 e. The van der Waals surface area contributed by atoms with Gasteiger partial charge in [0.15, 0.2) is 0 Å². The average Bonchev–Trinajstić information content (AvgIpc) is 3.26. The SMILES string of the molecule is CC(NC(=O)Cc1ccc(-c2ccccc2)cc1)c1nc2ccccc2n1Cc1c(F)cccc1Cl. The van der Waals surface area contributed by atoms with Crippen molar-refractivity contribution in [3.63, 3.8) is 0 Å². The summed E-state index contributed by atoms with van der Waals surface area (Å²) < 4.78 is 16.5. The maximum Gasteiger partial charge on any atom is 0.224 e. The van der Waals surface area contributed by atoms with Gasteiger partial charge in [-0.1, -0.05) is 84.4 Å². The molecule has 180 valence electrons. The van der Waals surface area contributed by atoms with Crippen LogP contribution < -0.4 is 5.32 Å². The highest BCUT2D eigenvalue weighted by Crippen LogP contribution is 2.26. The van der Waals surface area contributed by atoms with Gasteiger partial charge >= 0.3 is 0 Å². The molecule has 1 aromatic heterocycles. The minimum atomic E-state index is -0.390. The summed E-state index contributed by atoms with van der Waals surface area (Å²) in [7, 11) is 0. The number of benzene rings is 4. The number of carbonyl (C=O) groups is 1. The van der Waals surface area contributed by atoms with Crippen molar-refractivity contribution >= 4 is 28.5 Å². The van der Waals surface area contributed by atoms with E-state index < -0.39 is 0 Å². The fraction of sp³-hybridized carbons (Fsp3) is 0.133. The van der Waals surface area contributed by atoms with Crippen LogP contribution in [0.25, 0.3) is 22.2 Å². The number of hydrogen-bond acceptors (Lipinski definition) is 2. The molecule has 0 saturated carbocycles. The van der Waals surface area contributed by atoms with E-state index in [0.717, 1.165) is 27.7 Å². The Balaban J connectivity index is 1.35. The zero-order valence-electron chi connectivity index (χ0n) is 19.8. The van der Waals surface area contributed by atoms with E-state index in [0.29, 0.717) is 16.4 Å². The predicted octanol–water partition coefficient (Wildman–Crippen LogP) is 6.96. The summed E-state index contributed by atoms with van der Waals surface area (Å²) in [5, 5.41) is 3.41. The van der Waals surface area contributed by atoms with Crippen LogP contribution in [0.4, 0.5) is 4.39 Å². The molecule has 5 rings (SSSR count). The van der Waals surface area contributed by atoms with Gasteiger partial charge in [0.1, 0.15) is 11.6 Å². The van der Waals surface area contributed by atoms with Crippen LogP contribution in [0.2, 0.25) is 5.02 Å². The van der Waals surface area contributed by atoms with Gasteiger partial charge in [-0.25, -0.2) is 9.37 Å². The Morgan fingerprint density at radius 2 is 1.61 bits per heavy atom. The van der Waals surface area contributed by atoms with Gasteiger partial charge in [0.25, 0.3) is 0 Å². The highest BCUT2D eigenvalue weighted by atomic mass is 35.5. The molecule has 1 N–H and O–H groups in total. The third-order valence-corrected chi connectivity index (χ3v) is 6.61. The molecular weight excluding hydrogens is 473 g/mol. The van der Waals surface area contributed by atoms with E-state index in [1.807, 2.05) is 78.2 Å². The molecule has 1 unspecified atom stereocenters. The van der Waals surface area contributed by atoms with E-state index in [-0.39, 0.29) is 30.7 Å². The van der Waals surface area contributed by atoms with Gasteiger partial charge in [-0.05, 0) is 47.9 Å². The molecule has 5 aromatic rings. The molecule has 36 heavy (non-hydrogen) atoms. The number of nitrogens with one attached hydrogen (secondary N) is 1. The van der Waals surface area contributed by atoms with Gasteiger partial charge in [-0.2, -0.15) is 0 Å². The van der Waals surface area contributed by atoms with Crippen molar-refractivity contribution in [1.82, 2.24) is 14.9 Å². The Kier molecular flexibility index (Phi) is 6.83. The summed E-state index contributed by atoms with van der Waals surface area (Å²) in [6, 6.07) is 30.0. The van der Waals surface area contributed by atoms with Crippen LogP contribution in [0.15, 0.2) is 97.1 Å². The molecule has 1 amide bonds. The number of hydrogen-bond donors (Lipinski definition) is 1. The van der Waals surface area contributed by atoms with Crippen molar-refractivity contribution < 1.29 is 9.18 Å². The van der Waals surface area contributed by atoms with E-state index in [2.05, 4.69) is 17.4 Å². The number of nitrogens with zero attached hydrogens (tertiary/aromatic N) is 2. The van der Waals surface area contributed by atoms with Crippen molar-refractivity contribution in [2.75, 3.05) is 0 Å². The molecule has 0 saturated heterocycles. The maximum absolute atomic E-state index is 14.6. The maximum atomic E-state index is 14.6. The normalized spacial score (nSPS) is 12.0. The lowest BCUT2D eigenvalue weighted by atomic mass is 10.0. The molecule has 6 heteroatoms. The number of amides is 1. The fourth-order valence-electron chi connectivity index (χ4n) is 4.42. The zero-order valence-corrected chi connectivity index (χ0v) is 20.5. The zero-order chi connectivity index (χ0) is 25.1. The lowest BCUT2D eigenvalue weighted by molar-refractivity contribution is -0.121. The Morgan fingerprint density at radius 1 is 0.917 bits per heavy atom. The summed E-state index contributed by atoms with van der Waals surface area (Å²) in [6.07, 6.45) is 0.249. The number of halogens is 2. The van der Waals surface area contributed by atoms with Crippen LogP contribution in [0.3, 0.4) is 0 Å². The molecule has 0 spiro atoms. The van der Waals surface area contributed by atoms with Crippen molar-refractivity contribution in [3.05, 3.63) is 125 Å². The van der Waals surface area contributed by atoms with E-state index in [4.69, 9.17) is 16.6 Å². The van der Waals surface area contributed by atoms with Gasteiger partial charge in [-0.3, -0.25) is 4.79 Å². The number of rotatable bonds is 7. The molecule has 0 radical (unpaired) electrons. The third-order valence-electron chi connectivity index (χ3n) is 6.25. The van der Waals surface area contributed by atoms with Gasteiger partial charge in [0, 0.05) is 10.6 Å². The first-order valence-corrected chi connectivity index (χ1v) is 12.2. The quantitative estimate of drug-likeness (QED) is 0.264. The first-order chi connectivity index (χ1) is 17.5. The highest BCUT2D eigenvalue weighted by Gasteiger charge is 2.20. The van der Waals surface area contributed by atoms with Crippen LogP contribution >= 0.6 is 11.6 Å². The summed E-state index contributed by atoms with van der Waals surface area (Å²) in [6.45, 7) is 2.10. The first-order valence-electron chi connectivity index (χ1n) is 11.8. The van der Waals surface area contributed by atoms with E-state index in [1.165, 1.54) is 6.07 Å². The molecule has 0 bridgehead atoms. The molecule has 1 heterocycles. The molecule has 1 atom stereocenters. The number of fused-ring (bicyclic) bond motifs is 1. The summed E-state index contributed by atoms with van der Waals surface area (Å²) in [4.78, 5) is 17.7. The second-order valence-corrected chi connectivity index (χ2v) is 9.18. The van der Waals surface area contributed by atoms with Crippen LogP contribution in [0.5, 0.6) is 0 Å². The van der Waals surface area contributed by atoms with Gasteiger partial charge in [0.05, 0.1) is 30.0 Å². The number of carbonyl (C=O) groups excluding carboxylic acids is 1. The topological polar surface area (TPSA) is 46.9 Å². The molecule has 0 aliphatic rings. The molecule has 0 aliphatic carbocycles. The Hall–Kier alpha value is -3.96. The first kappa shape index (κ1) is 23.8. The standard InChI is InChI=1S/C30H25ClFN3O/c1-20(33-29(36)18-21-14-16-23(17-15-21)22-8-3-2-4-9-22)30-34-27-12-5-6-13-28(27)35(30)19-24-25(31)10-7-11-26(24)32/h2-17,20H,18-19H2,1H3,(H,33,36). The van der Waals surface area contributed by atoms with Crippen molar-refractivity contribution in [2.45, 2.75) is 25.9 Å². The minimum Gasteiger partial charge on any atom is -0.346 e. The van der Waals surface area contributed by atoms with E-state index in [1.54, 1.807) is 12.1 Å². The number of para-hydroxylation sites is 2. The Labute approximate surface area is 214 Å². The van der Waals surface area contributed by atoms with Gasteiger partial charge < -0.3 is 9.88 Å². The summed E-state index contributed by atoms with van der Waals surface area (Å²) in [5.74, 6) is 0.155. The molecule has 0 fully saturated rings. The second-order valence-electron chi connectivity index (χ2n) is 8.77. The van der Waals surface area contributed by atoms with E-state index >= 15 is 0 Å². The minimum absolute atomic E-state index is 0.113. The summed E-state index contributed by atoms with van der Waals surface area (Å²) >= 11 is 6.31. The average molecular weight is 498 g/mol. The number of aromatic nitrogens is 2. The van der Waals surface area contributed by atoms with Crippen LogP contribution in [0, 0.1) is 5.82 Å². The molecule has 0 aliphatic heterocycles. The molecule has 4 nitrogen and oxygen atoms in total.